The molecule has 2 amide bonds. The van der Waals surface area contributed by atoms with Crippen molar-refractivity contribution in [2.45, 2.75) is 159 Å². The smallest absolute Gasteiger partial charge is 0.408 e. The molecule has 1 unspecified atom stereocenters. The first-order valence-electron chi connectivity index (χ1n) is 17.8. The van der Waals surface area contributed by atoms with E-state index in [2.05, 4.69) is 21.3 Å². The number of likely N-dealkylation sites (N-methyl/N-ethyl adjacent to an activating group) is 2. The minimum absolute atomic E-state index is 0.121. The Morgan fingerprint density at radius 1 is 1.00 bits per heavy atom. The summed E-state index contributed by atoms with van der Waals surface area (Å²) in [5, 5.41) is 44.6. The van der Waals surface area contributed by atoms with Crippen LogP contribution in [0.4, 0.5) is 4.79 Å². The molecule has 52 heavy (non-hydrogen) atoms. The van der Waals surface area contributed by atoms with Gasteiger partial charge in [-0.1, -0.05) is 6.92 Å². The van der Waals surface area contributed by atoms with E-state index in [1.807, 2.05) is 6.92 Å². The maximum atomic E-state index is 13.3. The van der Waals surface area contributed by atoms with Crippen LogP contribution in [0.15, 0.2) is 11.8 Å². The molecule has 0 radical (unpaired) electrons. The molecule has 300 valence electrons. The molecule has 2 aliphatic heterocycles. The maximum absolute atomic E-state index is 13.3. The fraction of sp³-hybridized carbons (Fsp3) is 0.853. The van der Waals surface area contributed by atoms with Crippen molar-refractivity contribution in [3.8, 4) is 0 Å². The molecule has 0 aromatic heterocycles. The molecule has 0 aromatic rings. The third-order valence-corrected chi connectivity index (χ3v) is 8.68. The molecule has 0 bridgehead atoms. The van der Waals surface area contributed by atoms with E-state index in [9.17, 15) is 29.7 Å². The minimum atomic E-state index is -1.36. The molecule has 2 fully saturated rings. The Kier molecular flexibility index (Phi) is 15.2. The molecule has 2 heterocycles. The molecule has 1 saturated carbocycles. The summed E-state index contributed by atoms with van der Waals surface area (Å²) in [5.41, 5.74) is 9.86. The Morgan fingerprint density at radius 2 is 1.63 bits per heavy atom. The number of hydrogen-bond donors (Lipinski definition) is 9. The second-order valence-electron chi connectivity index (χ2n) is 15.8. The van der Waals surface area contributed by atoms with Crippen LogP contribution in [0.1, 0.15) is 74.7 Å². The van der Waals surface area contributed by atoms with Gasteiger partial charge in [-0.3, -0.25) is 9.59 Å². The van der Waals surface area contributed by atoms with Crippen LogP contribution < -0.4 is 32.7 Å². The summed E-state index contributed by atoms with van der Waals surface area (Å²) < 4.78 is 34.8. The van der Waals surface area contributed by atoms with Crippen LogP contribution >= 0.6 is 0 Å². The van der Waals surface area contributed by atoms with Crippen molar-refractivity contribution in [2.75, 3.05) is 26.7 Å². The molecule has 18 heteroatoms. The van der Waals surface area contributed by atoms with Gasteiger partial charge in [-0.05, 0) is 81.0 Å². The quantitative estimate of drug-likeness (QED) is 0.0980. The summed E-state index contributed by atoms with van der Waals surface area (Å²) in [4.78, 5) is 38.4. The van der Waals surface area contributed by atoms with E-state index in [1.165, 1.54) is 6.92 Å². The summed E-state index contributed by atoms with van der Waals surface area (Å²) in [6.45, 7) is 13.8. The van der Waals surface area contributed by atoms with Gasteiger partial charge in [-0.15, -0.1) is 0 Å². The third kappa shape index (κ3) is 12.5. The van der Waals surface area contributed by atoms with Crippen LogP contribution in [-0.4, -0.2) is 144 Å². The zero-order chi connectivity index (χ0) is 39.2. The lowest BCUT2D eigenvalue weighted by Crippen LogP contribution is -2.69. The van der Waals surface area contributed by atoms with Crippen LogP contribution in [0.2, 0.25) is 0 Å². The number of carbonyl (C=O) groups is 3. The Bertz CT molecular complexity index is 1210. The van der Waals surface area contributed by atoms with Crippen LogP contribution in [0.5, 0.6) is 0 Å². The highest BCUT2D eigenvalue weighted by atomic mass is 16.7. The Balaban J connectivity index is 1.68. The first-order chi connectivity index (χ1) is 24.0. The highest BCUT2D eigenvalue weighted by Crippen LogP contribution is 2.32. The number of ether oxygens (including phenoxy) is 6. The van der Waals surface area contributed by atoms with Gasteiger partial charge in [0.25, 0.3) is 0 Å². The number of amides is 2. The predicted octanol–water partition coefficient (Wildman–Crippen LogP) is -1.42. The van der Waals surface area contributed by atoms with Crippen molar-refractivity contribution >= 4 is 18.0 Å². The van der Waals surface area contributed by atoms with Gasteiger partial charge in [-0.25, -0.2) is 4.79 Å². The van der Waals surface area contributed by atoms with Crippen molar-refractivity contribution in [1.29, 1.82) is 0 Å². The Morgan fingerprint density at radius 3 is 2.23 bits per heavy atom. The summed E-state index contributed by atoms with van der Waals surface area (Å²) >= 11 is 0. The van der Waals surface area contributed by atoms with Gasteiger partial charge in [0.05, 0.1) is 31.7 Å². The number of carbonyl (C=O) groups excluding carboxylic acids is 3. The van der Waals surface area contributed by atoms with E-state index in [0.29, 0.717) is 19.4 Å². The summed E-state index contributed by atoms with van der Waals surface area (Å²) in [5.74, 6) is -1.10. The molecule has 1 saturated heterocycles. The van der Waals surface area contributed by atoms with Gasteiger partial charge in [0.15, 0.2) is 6.29 Å². The van der Waals surface area contributed by atoms with Crippen LogP contribution in [0, 0.1) is 0 Å². The fourth-order valence-electron chi connectivity index (χ4n) is 6.35. The normalized spacial score (nSPS) is 34.7. The third-order valence-electron chi connectivity index (χ3n) is 8.68. The second-order valence-corrected chi connectivity index (χ2v) is 15.8. The molecule has 1 aliphatic carbocycles. The zero-order valence-electron chi connectivity index (χ0n) is 31.8. The number of esters is 1. The number of nitrogens with one attached hydrogen (secondary N) is 4. The number of alkyl carbamates (subject to hydrolysis) is 1. The lowest BCUT2D eigenvalue weighted by molar-refractivity contribution is -0.304. The molecular weight excluding hydrogens is 684 g/mol. The second kappa shape index (κ2) is 18.1. The Hall–Kier alpha value is -2.65. The van der Waals surface area contributed by atoms with Crippen molar-refractivity contribution in [1.82, 2.24) is 21.3 Å². The van der Waals surface area contributed by atoms with E-state index in [4.69, 9.17) is 39.9 Å². The number of aliphatic hydroxyl groups is 3. The Labute approximate surface area is 306 Å². The minimum Gasteiger partial charge on any atom is -0.466 e. The molecule has 3 aliphatic rings. The van der Waals surface area contributed by atoms with Crippen molar-refractivity contribution < 1.29 is 58.1 Å². The van der Waals surface area contributed by atoms with Crippen LogP contribution in [0.3, 0.4) is 0 Å². The van der Waals surface area contributed by atoms with E-state index in [0.717, 1.165) is 0 Å². The van der Waals surface area contributed by atoms with Gasteiger partial charge in [0, 0.05) is 12.1 Å². The average molecular weight is 747 g/mol. The van der Waals surface area contributed by atoms with E-state index in [-0.39, 0.29) is 18.9 Å². The van der Waals surface area contributed by atoms with Crippen molar-refractivity contribution in [3.05, 3.63) is 11.8 Å². The van der Waals surface area contributed by atoms with Gasteiger partial charge in [0.2, 0.25) is 12.2 Å². The number of aliphatic hydroxyl groups excluding tert-OH is 2. The fourth-order valence-corrected chi connectivity index (χ4v) is 6.35. The first-order valence-corrected chi connectivity index (χ1v) is 17.8. The van der Waals surface area contributed by atoms with Gasteiger partial charge in [-0.2, -0.15) is 0 Å². The first kappa shape index (κ1) is 43.8. The monoisotopic (exact) mass is 746 g/mol. The lowest BCUT2D eigenvalue weighted by Gasteiger charge is -2.49. The van der Waals surface area contributed by atoms with E-state index in [1.54, 1.807) is 54.7 Å². The molecule has 12 atom stereocenters. The summed E-state index contributed by atoms with van der Waals surface area (Å²) in [6.07, 6.45) is -5.87. The zero-order valence-corrected chi connectivity index (χ0v) is 31.8. The van der Waals surface area contributed by atoms with Crippen LogP contribution in [0.25, 0.3) is 0 Å². The number of rotatable bonds is 13. The number of nitrogens with two attached hydrogens (primary N) is 2. The summed E-state index contributed by atoms with van der Waals surface area (Å²) in [7, 11) is 1.61. The van der Waals surface area contributed by atoms with E-state index < -0.39 is 108 Å². The summed E-state index contributed by atoms with van der Waals surface area (Å²) in [6, 6.07) is -3.87. The lowest BCUT2D eigenvalue weighted by atomic mass is 9.83. The number of hydrogen-bond acceptors (Lipinski definition) is 16. The van der Waals surface area contributed by atoms with Gasteiger partial charge < -0.3 is 76.5 Å². The topological polar surface area (TPSA) is 267 Å². The maximum Gasteiger partial charge on any atom is 0.408 e. The molecule has 3 rings (SSSR count). The molecule has 0 spiro atoms. The highest BCUT2D eigenvalue weighted by Gasteiger charge is 2.51. The molecule has 0 aromatic carbocycles. The van der Waals surface area contributed by atoms with Gasteiger partial charge >= 0.3 is 12.1 Å². The predicted molar refractivity (Wildman–Crippen MR) is 187 cm³/mol. The standard InChI is InChI=1S/C34H62N6O12/c1-10-38-20-13-19(36)25(23(42)26(20)50-30-24(43)27(37-9)34(8,46)16-47-30)49-29-18(35)12-11-17(48-29)15-39-28(44)21(14-22(41)51-32(2,3)4)40-31(45)52-33(5,6)7/h11,18-21,23-27,29-30,37-38,42-43,46H,10,12-16,35-36H2,1-9H3,(H,39,44)(H,40,45)/t18?,19-,20+,21-,23-,24+,25+,26-,27+,29+,30+,34-/m0/s1. The van der Waals surface area contributed by atoms with Gasteiger partial charge in [0.1, 0.15) is 53.0 Å². The SMILES string of the molecule is CCN[C@@H]1C[C@H](N)[C@@H](O[C@H]2OC(CNC(=O)[C@H](CC(=O)OC(C)(C)C)NC(=O)OC(C)(C)C)=CCC2N)[C@H](O)[C@H]1O[C@H]1OC[C@](C)(O)[C@H](NC)[C@H]1O. The van der Waals surface area contributed by atoms with Crippen LogP contribution in [-0.2, 0) is 38.0 Å². The van der Waals surface area contributed by atoms with E-state index >= 15 is 0 Å². The largest absolute Gasteiger partial charge is 0.466 e. The average Bonchev–Trinajstić information content (AvgIpc) is 3.00. The van der Waals surface area contributed by atoms with Crippen molar-refractivity contribution in [3.63, 3.8) is 0 Å². The molecular formula is C34H62N6O12. The molecule has 18 nitrogen and oxygen atoms in total. The molecule has 11 N–H and O–H groups in total. The van der Waals surface area contributed by atoms with Crippen molar-refractivity contribution in [2.24, 2.45) is 11.5 Å². The highest BCUT2D eigenvalue weighted by molar-refractivity contribution is 5.89.